The molecule has 2 aromatic rings. The van der Waals surface area contributed by atoms with Crippen molar-refractivity contribution in [1.82, 2.24) is 10.2 Å². The topological polar surface area (TPSA) is 47.0 Å². The van der Waals surface area contributed by atoms with Gasteiger partial charge >= 0.3 is 6.18 Å². The quantitative estimate of drug-likeness (QED) is 0.932. The molecule has 0 unspecified atom stereocenters. The van der Waals surface area contributed by atoms with Gasteiger partial charge < -0.3 is 10.1 Å². The first-order valence-electron chi connectivity index (χ1n) is 5.87. The molecule has 112 valence electrons. The molecule has 0 aliphatic heterocycles. The second-order valence-electron chi connectivity index (χ2n) is 4.12. The number of alkyl halides is 3. The maximum absolute atomic E-state index is 12.3. The van der Waals surface area contributed by atoms with E-state index >= 15 is 0 Å². The van der Waals surface area contributed by atoms with Gasteiger partial charge in [-0.25, -0.2) is 0 Å². The maximum atomic E-state index is 12.3. The SMILES string of the molecule is COc1ccc(CNc2ccc(C(F)(F)F)nn2)cc1Cl. The number of aromatic nitrogens is 2. The highest BCUT2D eigenvalue weighted by Crippen LogP contribution is 2.27. The summed E-state index contributed by atoms with van der Waals surface area (Å²) in [5, 5.41) is 9.92. The number of nitrogens with one attached hydrogen (secondary N) is 1. The van der Waals surface area contributed by atoms with E-state index in [9.17, 15) is 13.2 Å². The minimum Gasteiger partial charge on any atom is -0.495 e. The maximum Gasteiger partial charge on any atom is 0.435 e. The van der Waals surface area contributed by atoms with Crippen molar-refractivity contribution in [2.75, 3.05) is 12.4 Å². The minimum absolute atomic E-state index is 0.245. The molecule has 1 heterocycles. The molecule has 0 bridgehead atoms. The summed E-state index contributed by atoms with van der Waals surface area (Å²) in [5.41, 5.74) is -0.192. The second-order valence-corrected chi connectivity index (χ2v) is 4.53. The van der Waals surface area contributed by atoms with Gasteiger partial charge in [0.25, 0.3) is 0 Å². The van der Waals surface area contributed by atoms with Gasteiger partial charge in [0.05, 0.1) is 12.1 Å². The summed E-state index contributed by atoms with van der Waals surface area (Å²) in [6, 6.07) is 7.29. The molecule has 0 saturated heterocycles. The molecular formula is C13H11ClF3N3O. The summed E-state index contributed by atoms with van der Waals surface area (Å²) in [4.78, 5) is 0. The molecule has 0 spiro atoms. The Morgan fingerprint density at radius 3 is 2.48 bits per heavy atom. The number of rotatable bonds is 4. The number of hydrogen-bond acceptors (Lipinski definition) is 4. The van der Waals surface area contributed by atoms with Gasteiger partial charge in [-0.15, -0.1) is 10.2 Å². The summed E-state index contributed by atoms with van der Waals surface area (Å²) < 4.78 is 42.0. The van der Waals surface area contributed by atoms with Crippen molar-refractivity contribution in [3.05, 3.63) is 46.6 Å². The zero-order valence-electron chi connectivity index (χ0n) is 10.9. The third-order valence-corrected chi connectivity index (χ3v) is 2.94. The summed E-state index contributed by atoms with van der Waals surface area (Å²) in [6.07, 6.45) is -4.49. The van der Waals surface area contributed by atoms with Crippen molar-refractivity contribution in [2.24, 2.45) is 0 Å². The van der Waals surface area contributed by atoms with Crippen LogP contribution >= 0.6 is 11.6 Å². The lowest BCUT2D eigenvalue weighted by molar-refractivity contribution is -0.141. The highest BCUT2D eigenvalue weighted by atomic mass is 35.5. The first-order valence-corrected chi connectivity index (χ1v) is 6.25. The van der Waals surface area contributed by atoms with E-state index in [0.717, 1.165) is 11.6 Å². The number of halogens is 4. The molecule has 1 N–H and O–H groups in total. The molecule has 0 radical (unpaired) electrons. The average Bonchev–Trinajstić information content (AvgIpc) is 2.45. The fraction of sp³-hybridized carbons (Fsp3) is 0.231. The Bertz CT molecular complexity index is 617. The number of nitrogens with zero attached hydrogens (tertiary/aromatic N) is 2. The summed E-state index contributed by atoms with van der Waals surface area (Å²) in [6.45, 7) is 0.351. The first-order chi connectivity index (χ1) is 9.90. The molecule has 1 aromatic carbocycles. The molecule has 21 heavy (non-hydrogen) atoms. The Morgan fingerprint density at radius 2 is 1.95 bits per heavy atom. The fourth-order valence-electron chi connectivity index (χ4n) is 1.59. The molecule has 8 heteroatoms. The van der Waals surface area contributed by atoms with Crippen molar-refractivity contribution in [2.45, 2.75) is 12.7 Å². The van der Waals surface area contributed by atoms with Gasteiger partial charge in [-0.3, -0.25) is 0 Å². The first kappa shape index (κ1) is 15.4. The minimum atomic E-state index is -4.49. The van der Waals surface area contributed by atoms with Gasteiger partial charge in [-0.05, 0) is 29.8 Å². The van der Waals surface area contributed by atoms with Gasteiger partial charge in [0.2, 0.25) is 0 Å². The van der Waals surface area contributed by atoms with Crippen molar-refractivity contribution < 1.29 is 17.9 Å². The van der Waals surface area contributed by atoms with Crippen LogP contribution in [0, 0.1) is 0 Å². The van der Waals surface area contributed by atoms with Crippen LogP contribution in [0.1, 0.15) is 11.3 Å². The van der Waals surface area contributed by atoms with Crippen molar-refractivity contribution in [1.29, 1.82) is 0 Å². The normalized spacial score (nSPS) is 11.3. The molecule has 0 aliphatic carbocycles. The van der Waals surface area contributed by atoms with Gasteiger partial charge in [0.1, 0.15) is 11.6 Å². The Morgan fingerprint density at radius 1 is 1.19 bits per heavy atom. The van der Waals surface area contributed by atoms with E-state index in [4.69, 9.17) is 16.3 Å². The average molecular weight is 318 g/mol. The summed E-state index contributed by atoms with van der Waals surface area (Å²) in [7, 11) is 1.51. The van der Waals surface area contributed by atoms with Gasteiger partial charge in [-0.1, -0.05) is 17.7 Å². The van der Waals surface area contributed by atoms with Gasteiger partial charge in [-0.2, -0.15) is 13.2 Å². The standard InChI is InChI=1S/C13H11ClF3N3O/c1-21-10-3-2-8(6-9(10)14)7-18-12-5-4-11(19-20-12)13(15,16)17/h2-6H,7H2,1H3,(H,18,20). The number of ether oxygens (including phenoxy) is 1. The lowest BCUT2D eigenvalue weighted by Crippen LogP contribution is -2.10. The molecule has 2 rings (SSSR count). The second kappa shape index (κ2) is 6.17. The summed E-state index contributed by atoms with van der Waals surface area (Å²) in [5.74, 6) is 0.796. The van der Waals surface area contributed by atoms with Crippen LogP contribution in [0.5, 0.6) is 5.75 Å². The zero-order valence-corrected chi connectivity index (χ0v) is 11.7. The zero-order chi connectivity index (χ0) is 15.5. The predicted octanol–water partition coefficient (Wildman–Crippen LogP) is 3.77. The smallest absolute Gasteiger partial charge is 0.435 e. The van der Waals surface area contributed by atoms with Gasteiger partial charge in [0, 0.05) is 6.54 Å². The largest absolute Gasteiger partial charge is 0.495 e. The number of benzene rings is 1. The van der Waals surface area contributed by atoms with Crippen LogP contribution in [0.25, 0.3) is 0 Å². The van der Waals surface area contributed by atoms with Crippen LogP contribution in [0.3, 0.4) is 0 Å². The monoisotopic (exact) mass is 317 g/mol. The fourth-order valence-corrected chi connectivity index (χ4v) is 1.87. The summed E-state index contributed by atoms with van der Waals surface area (Å²) >= 11 is 5.98. The molecule has 4 nitrogen and oxygen atoms in total. The van der Waals surface area contributed by atoms with Crippen LogP contribution in [0.4, 0.5) is 19.0 Å². The third kappa shape index (κ3) is 3.98. The Hall–Kier alpha value is -2.02. The van der Waals surface area contributed by atoms with E-state index in [1.54, 1.807) is 18.2 Å². The Labute approximate surface area is 123 Å². The Kier molecular flexibility index (Phi) is 4.52. The molecule has 0 atom stereocenters. The molecule has 0 aliphatic rings. The van der Waals surface area contributed by atoms with E-state index in [1.165, 1.54) is 13.2 Å². The number of anilines is 1. The van der Waals surface area contributed by atoms with E-state index in [1.807, 2.05) is 0 Å². The van der Waals surface area contributed by atoms with Crippen molar-refractivity contribution in [3.8, 4) is 5.75 Å². The van der Waals surface area contributed by atoms with E-state index in [2.05, 4.69) is 15.5 Å². The van der Waals surface area contributed by atoms with Crippen molar-refractivity contribution >= 4 is 17.4 Å². The van der Waals surface area contributed by atoms with Crippen LogP contribution in [0.15, 0.2) is 30.3 Å². The molecule has 0 fully saturated rings. The molecule has 0 saturated carbocycles. The van der Waals surface area contributed by atoms with E-state index in [0.29, 0.717) is 17.3 Å². The van der Waals surface area contributed by atoms with Crippen LogP contribution in [-0.2, 0) is 12.7 Å². The van der Waals surface area contributed by atoms with Crippen LogP contribution in [0.2, 0.25) is 5.02 Å². The highest BCUT2D eigenvalue weighted by Gasteiger charge is 2.32. The third-order valence-electron chi connectivity index (χ3n) is 2.64. The predicted molar refractivity (Wildman–Crippen MR) is 72.4 cm³/mol. The molecule has 1 aromatic heterocycles. The number of hydrogen-bond donors (Lipinski definition) is 1. The van der Waals surface area contributed by atoms with E-state index < -0.39 is 11.9 Å². The van der Waals surface area contributed by atoms with E-state index in [-0.39, 0.29) is 5.82 Å². The van der Waals surface area contributed by atoms with Crippen molar-refractivity contribution in [3.63, 3.8) is 0 Å². The lowest BCUT2D eigenvalue weighted by atomic mass is 10.2. The Balaban J connectivity index is 2.01. The number of methoxy groups -OCH3 is 1. The van der Waals surface area contributed by atoms with Crippen LogP contribution < -0.4 is 10.1 Å². The van der Waals surface area contributed by atoms with Crippen LogP contribution in [-0.4, -0.2) is 17.3 Å². The lowest BCUT2D eigenvalue weighted by Gasteiger charge is -2.09. The molecular weight excluding hydrogens is 307 g/mol. The van der Waals surface area contributed by atoms with Gasteiger partial charge in [0.15, 0.2) is 5.69 Å². The highest BCUT2D eigenvalue weighted by molar-refractivity contribution is 6.32. The molecule has 0 amide bonds.